The Bertz CT molecular complexity index is 1450. The maximum Gasteiger partial charge on any atom is 0.329 e. The number of hydrogen-bond donors (Lipinski definition) is 4. The Labute approximate surface area is 312 Å². The van der Waals surface area contributed by atoms with Crippen LogP contribution in [0.1, 0.15) is 114 Å². The predicted molar refractivity (Wildman–Crippen MR) is 200 cm³/mol. The van der Waals surface area contributed by atoms with Crippen LogP contribution < -0.4 is 16.0 Å². The number of aromatic nitrogens is 1. The molecule has 51 heavy (non-hydrogen) atoms. The molecule has 1 aliphatic rings. The number of carbonyl (C=O) groups excluding carboxylic acids is 4. The molecule has 12 nitrogen and oxygen atoms in total. The Balaban J connectivity index is 0.00000901. The first-order valence-electron chi connectivity index (χ1n) is 17.7. The number of carboxylic acid groups (broad SMARTS) is 1. The van der Waals surface area contributed by atoms with Gasteiger partial charge in [0.1, 0.15) is 22.3 Å². The zero-order chi connectivity index (χ0) is 37.0. The van der Waals surface area contributed by atoms with Crippen molar-refractivity contribution in [3.63, 3.8) is 0 Å². The fourth-order valence-corrected chi connectivity index (χ4v) is 7.10. The third-order valence-corrected chi connectivity index (χ3v) is 10.6. The molecule has 284 valence electrons. The SMILES string of the molecule is CC[C@H](C)[C@H](NC(=O)[C@H]1CCCCN1)C(=O)N(C)[C@H](C[C@@H](OC(C)=O)c1nc(C(=O)NC(C)(CCCc2ccccc2)C(=O)O)cs1)C(C)C.Cl. The number of ether oxygens (including phenoxy) is 1. The standard InChI is InChI=1S/C37H55N5O7S.ClH/c1-8-24(4)31(40-32(44)27-18-12-13-20-38-27)35(46)42(7)29(23(2)3)21-30(49-25(5)43)34-39-28(22-50-34)33(45)41-37(6,36(47)48)19-14-17-26-15-10-9-11-16-26;/h9-11,15-16,22-24,27,29-31,38H,8,12-14,17-21H2,1-7H3,(H,40,44)(H,41,45)(H,47,48);1H/t24-,27+,29+,30+,31-,37?;/m0./s1. The molecule has 0 radical (unpaired) electrons. The van der Waals surface area contributed by atoms with Gasteiger partial charge in [-0.15, -0.1) is 23.7 Å². The summed E-state index contributed by atoms with van der Waals surface area (Å²) < 4.78 is 5.71. The minimum Gasteiger partial charge on any atom is -0.480 e. The highest BCUT2D eigenvalue weighted by Crippen LogP contribution is 2.31. The van der Waals surface area contributed by atoms with Gasteiger partial charge in [-0.2, -0.15) is 0 Å². The summed E-state index contributed by atoms with van der Waals surface area (Å²) in [5, 5.41) is 20.8. The number of aryl methyl sites for hydroxylation is 1. The quantitative estimate of drug-likeness (QED) is 0.148. The molecule has 4 N–H and O–H groups in total. The van der Waals surface area contributed by atoms with Crippen molar-refractivity contribution < 1.29 is 33.8 Å². The van der Waals surface area contributed by atoms with Gasteiger partial charge in [-0.25, -0.2) is 9.78 Å². The van der Waals surface area contributed by atoms with Gasteiger partial charge in [0.15, 0.2) is 6.10 Å². The lowest BCUT2D eigenvalue weighted by molar-refractivity contribution is -0.149. The van der Waals surface area contributed by atoms with Gasteiger partial charge in [0.2, 0.25) is 11.8 Å². The highest BCUT2D eigenvalue weighted by Gasteiger charge is 2.38. The lowest BCUT2D eigenvalue weighted by atomic mass is 9.92. The van der Waals surface area contributed by atoms with Crippen molar-refractivity contribution in [2.45, 2.75) is 123 Å². The maximum atomic E-state index is 14.1. The van der Waals surface area contributed by atoms with Crippen molar-refractivity contribution in [1.29, 1.82) is 0 Å². The number of likely N-dealkylation sites (N-methyl/N-ethyl adjacent to an activating group) is 1. The molecule has 1 saturated heterocycles. The molecular formula is C37H56ClN5O7S. The van der Waals surface area contributed by atoms with Gasteiger partial charge in [-0.1, -0.05) is 70.9 Å². The number of nitrogens with one attached hydrogen (secondary N) is 3. The van der Waals surface area contributed by atoms with Crippen LogP contribution in [-0.4, -0.2) is 81.9 Å². The third-order valence-electron chi connectivity index (χ3n) is 9.66. The largest absolute Gasteiger partial charge is 0.480 e. The van der Waals surface area contributed by atoms with Gasteiger partial charge < -0.3 is 30.7 Å². The Hall–Kier alpha value is -3.55. The van der Waals surface area contributed by atoms with E-state index in [-0.39, 0.29) is 60.6 Å². The van der Waals surface area contributed by atoms with E-state index in [0.29, 0.717) is 24.3 Å². The molecular weight excluding hydrogens is 694 g/mol. The molecule has 1 unspecified atom stereocenters. The van der Waals surface area contributed by atoms with Crippen molar-refractivity contribution in [2.24, 2.45) is 11.8 Å². The van der Waals surface area contributed by atoms with Crippen molar-refractivity contribution >= 4 is 53.4 Å². The molecule has 6 atom stereocenters. The van der Waals surface area contributed by atoms with Crippen LogP contribution in [0.15, 0.2) is 35.7 Å². The number of rotatable bonds is 18. The first-order chi connectivity index (χ1) is 23.7. The molecule has 0 bridgehead atoms. The monoisotopic (exact) mass is 749 g/mol. The van der Waals surface area contributed by atoms with Crippen LogP contribution in [0.4, 0.5) is 0 Å². The molecule has 1 aromatic carbocycles. The average molecular weight is 750 g/mol. The second kappa shape index (κ2) is 20.5. The smallest absolute Gasteiger partial charge is 0.329 e. The average Bonchev–Trinajstić information content (AvgIpc) is 3.59. The normalized spacial score (nSPS) is 17.8. The summed E-state index contributed by atoms with van der Waals surface area (Å²) in [6, 6.07) is 8.24. The molecule has 1 aromatic heterocycles. The van der Waals surface area contributed by atoms with Crippen LogP contribution in [0.3, 0.4) is 0 Å². The molecule has 0 saturated carbocycles. The fourth-order valence-electron chi connectivity index (χ4n) is 6.26. The van der Waals surface area contributed by atoms with Crippen LogP contribution in [-0.2, 0) is 30.3 Å². The van der Waals surface area contributed by atoms with Crippen molar-refractivity contribution in [3.05, 3.63) is 52.0 Å². The minimum absolute atomic E-state index is 0. The lowest BCUT2D eigenvalue weighted by Crippen LogP contribution is -2.57. The fraction of sp³-hybridized carbons (Fsp3) is 0.622. The number of carboxylic acids is 1. The zero-order valence-corrected chi connectivity index (χ0v) is 32.5. The first-order valence-corrected chi connectivity index (χ1v) is 18.6. The first kappa shape index (κ1) is 43.6. The number of aliphatic carboxylic acids is 1. The van der Waals surface area contributed by atoms with E-state index >= 15 is 0 Å². The Morgan fingerprint density at radius 3 is 2.39 bits per heavy atom. The number of thiazole rings is 1. The summed E-state index contributed by atoms with van der Waals surface area (Å²) in [6.07, 6.45) is 4.12. The second-order valence-corrected chi connectivity index (χ2v) is 14.9. The Morgan fingerprint density at radius 1 is 1.14 bits per heavy atom. The van der Waals surface area contributed by atoms with Gasteiger partial charge >= 0.3 is 11.9 Å². The molecule has 1 fully saturated rings. The molecule has 3 rings (SSSR count). The molecule has 0 spiro atoms. The van der Waals surface area contributed by atoms with Crippen molar-refractivity contribution in [1.82, 2.24) is 25.8 Å². The Kier molecular flexibility index (Phi) is 17.5. The molecule has 1 aliphatic heterocycles. The number of carbonyl (C=O) groups is 5. The van der Waals surface area contributed by atoms with Gasteiger partial charge in [-0.3, -0.25) is 19.2 Å². The highest BCUT2D eigenvalue weighted by atomic mass is 35.5. The zero-order valence-electron chi connectivity index (χ0n) is 30.9. The second-order valence-electron chi connectivity index (χ2n) is 14.0. The number of piperidine rings is 1. The molecule has 2 heterocycles. The number of amides is 3. The molecule has 3 amide bonds. The van der Waals surface area contributed by atoms with Crippen LogP contribution in [0.2, 0.25) is 0 Å². The van der Waals surface area contributed by atoms with E-state index in [1.54, 1.807) is 11.9 Å². The summed E-state index contributed by atoms with van der Waals surface area (Å²) >= 11 is 1.13. The van der Waals surface area contributed by atoms with Gasteiger partial charge in [-0.05, 0) is 63.0 Å². The lowest BCUT2D eigenvalue weighted by Gasteiger charge is -2.37. The Morgan fingerprint density at radius 2 is 1.82 bits per heavy atom. The minimum atomic E-state index is -1.52. The van der Waals surface area contributed by atoms with Crippen molar-refractivity contribution in [3.8, 4) is 0 Å². The van der Waals surface area contributed by atoms with E-state index in [1.165, 1.54) is 19.2 Å². The van der Waals surface area contributed by atoms with Crippen LogP contribution in [0.5, 0.6) is 0 Å². The third kappa shape index (κ3) is 12.6. The van der Waals surface area contributed by atoms with E-state index in [0.717, 1.165) is 42.7 Å². The van der Waals surface area contributed by atoms with E-state index in [4.69, 9.17) is 4.74 Å². The van der Waals surface area contributed by atoms with Crippen LogP contribution in [0, 0.1) is 11.8 Å². The summed E-state index contributed by atoms with van der Waals surface area (Å²) in [5.74, 6) is -2.95. The van der Waals surface area contributed by atoms with Crippen LogP contribution in [0.25, 0.3) is 0 Å². The summed E-state index contributed by atoms with van der Waals surface area (Å²) in [6.45, 7) is 11.4. The van der Waals surface area contributed by atoms with E-state index < -0.39 is 41.6 Å². The van der Waals surface area contributed by atoms with E-state index in [9.17, 15) is 29.1 Å². The maximum absolute atomic E-state index is 14.1. The van der Waals surface area contributed by atoms with Gasteiger partial charge in [0.25, 0.3) is 5.91 Å². The highest BCUT2D eigenvalue weighted by molar-refractivity contribution is 7.09. The number of halogens is 1. The summed E-state index contributed by atoms with van der Waals surface area (Å²) in [4.78, 5) is 71.2. The van der Waals surface area contributed by atoms with Crippen LogP contribution >= 0.6 is 23.7 Å². The van der Waals surface area contributed by atoms with E-state index in [2.05, 4.69) is 20.9 Å². The number of benzene rings is 1. The molecule has 2 aromatic rings. The van der Waals surface area contributed by atoms with Gasteiger partial charge in [0.05, 0.1) is 6.04 Å². The van der Waals surface area contributed by atoms with Gasteiger partial charge in [0, 0.05) is 31.8 Å². The van der Waals surface area contributed by atoms with Crippen molar-refractivity contribution in [2.75, 3.05) is 13.6 Å². The topological polar surface area (TPSA) is 167 Å². The number of hydrogen-bond acceptors (Lipinski definition) is 9. The van der Waals surface area contributed by atoms with E-state index in [1.807, 2.05) is 58.0 Å². The number of nitrogens with zero attached hydrogens (tertiary/aromatic N) is 2. The predicted octanol–water partition coefficient (Wildman–Crippen LogP) is 5.31. The summed E-state index contributed by atoms with van der Waals surface area (Å²) in [7, 11) is 1.70. The number of esters is 1. The molecule has 0 aliphatic carbocycles. The summed E-state index contributed by atoms with van der Waals surface area (Å²) in [5.41, 5.74) is -0.430. The molecule has 14 heteroatoms.